The average Bonchev–Trinajstić information content (AvgIpc) is 2.12. The molecule has 15 heavy (non-hydrogen) atoms. The highest BCUT2D eigenvalue weighted by atomic mass is 35.5. The van der Waals surface area contributed by atoms with Crippen molar-refractivity contribution in [3.63, 3.8) is 0 Å². The summed E-state index contributed by atoms with van der Waals surface area (Å²) in [5, 5.41) is 9.78. The summed E-state index contributed by atoms with van der Waals surface area (Å²) in [5.74, 6) is -0.726. The van der Waals surface area contributed by atoms with Crippen LogP contribution in [0.15, 0.2) is 6.07 Å². The molecule has 0 bridgehead atoms. The van der Waals surface area contributed by atoms with E-state index in [2.05, 4.69) is 0 Å². The Kier molecular flexibility index (Phi) is 3.40. The van der Waals surface area contributed by atoms with Gasteiger partial charge in [0.15, 0.2) is 0 Å². The van der Waals surface area contributed by atoms with Gasteiger partial charge in [-0.25, -0.2) is 4.79 Å². The predicted molar refractivity (Wildman–Crippen MR) is 62.0 cm³/mol. The molecule has 1 aromatic rings. The fourth-order valence-electron chi connectivity index (χ4n) is 1.89. The molecular weight excluding hydrogens is 212 g/mol. The Bertz CT molecular complexity index is 409. The van der Waals surface area contributed by atoms with Crippen LogP contribution in [0.1, 0.15) is 46.8 Å². The molecule has 82 valence electrons. The second-order valence-corrected chi connectivity index (χ2v) is 4.43. The van der Waals surface area contributed by atoms with E-state index in [0.29, 0.717) is 10.6 Å². The van der Waals surface area contributed by atoms with Crippen molar-refractivity contribution in [2.24, 2.45) is 0 Å². The van der Waals surface area contributed by atoms with Gasteiger partial charge in [0.2, 0.25) is 0 Å². The van der Waals surface area contributed by atoms with Gasteiger partial charge in [-0.2, -0.15) is 0 Å². The van der Waals surface area contributed by atoms with Crippen molar-refractivity contribution in [3.8, 4) is 0 Å². The molecule has 0 saturated heterocycles. The lowest BCUT2D eigenvalue weighted by atomic mass is 9.91. The molecule has 0 unspecified atom stereocenters. The van der Waals surface area contributed by atoms with E-state index in [4.69, 9.17) is 16.7 Å². The summed E-state index contributed by atoms with van der Waals surface area (Å²) >= 11 is 6.11. The number of rotatable bonds is 2. The van der Waals surface area contributed by atoms with Crippen LogP contribution in [0.4, 0.5) is 0 Å². The number of halogens is 1. The number of carboxylic acid groups (broad SMARTS) is 1. The van der Waals surface area contributed by atoms with Gasteiger partial charge in [-0.3, -0.25) is 0 Å². The first kappa shape index (κ1) is 12.1. The Labute approximate surface area is 94.9 Å². The third-order valence-corrected chi connectivity index (χ3v) is 3.12. The molecule has 0 aliphatic rings. The molecule has 0 spiro atoms. The topological polar surface area (TPSA) is 37.3 Å². The van der Waals surface area contributed by atoms with E-state index >= 15 is 0 Å². The Morgan fingerprint density at radius 3 is 2.33 bits per heavy atom. The quantitative estimate of drug-likeness (QED) is 0.833. The van der Waals surface area contributed by atoms with Gasteiger partial charge >= 0.3 is 5.97 Å². The summed E-state index contributed by atoms with van der Waals surface area (Å²) in [4.78, 5) is 11.1. The summed E-state index contributed by atoms with van der Waals surface area (Å²) in [6, 6.07) is 1.65. The molecule has 0 radical (unpaired) electrons. The zero-order valence-electron chi connectivity index (χ0n) is 9.39. The molecule has 0 saturated carbocycles. The van der Waals surface area contributed by atoms with Crippen LogP contribution in [0.5, 0.6) is 0 Å². The number of carboxylic acids is 1. The van der Waals surface area contributed by atoms with E-state index < -0.39 is 5.97 Å². The van der Waals surface area contributed by atoms with E-state index in [0.717, 1.165) is 16.7 Å². The second kappa shape index (κ2) is 4.23. The molecule has 0 aromatic heterocycles. The molecule has 0 fully saturated rings. The van der Waals surface area contributed by atoms with Gasteiger partial charge in [-0.15, -0.1) is 0 Å². The lowest BCUT2D eigenvalue weighted by molar-refractivity contribution is 0.0695. The molecule has 0 aliphatic carbocycles. The maximum atomic E-state index is 11.1. The Hall–Kier alpha value is -1.02. The zero-order chi connectivity index (χ0) is 11.7. The first-order chi connectivity index (χ1) is 6.86. The van der Waals surface area contributed by atoms with Gasteiger partial charge < -0.3 is 5.11 Å². The van der Waals surface area contributed by atoms with Crippen molar-refractivity contribution in [2.45, 2.75) is 33.6 Å². The van der Waals surface area contributed by atoms with Crippen molar-refractivity contribution in [1.29, 1.82) is 0 Å². The van der Waals surface area contributed by atoms with Crippen LogP contribution in [0.3, 0.4) is 0 Å². The third kappa shape index (κ3) is 2.15. The molecule has 0 amide bonds. The molecular formula is C12H15ClO2. The standard InChI is InChI=1S/C12H15ClO2/c1-6(2)10-8(4)11(13)7(3)5-9(10)12(14)15/h5-6H,1-4H3,(H,14,15). The fourth-order valence-corrected chi connectivity index (χ4v) is 2.05. The van der Waals surface area contributed by atoms with Crippen LogP contribution in [0.25, 0.3) is 0 Å². The minimum atomic E-state index is -0.887. The van der Waals surface area contributed by atoms with E-state index in [-0.39, 0.29) is 5.92 Å². The van der Waals surface area contributed by atoms with Gasteiger partial charge in [0.05, 0.1) is 5.56 Å². The van der Waals surface area contributed by atoms with E-state index in [1.54, 1.807) is 6.07 Å². The number of hydrogen-bond donors (Lipinski definition) is 1. The number of aryl methyl sites for hydroxylation is 1. The zero-order valence-corrected chi connectivity index (χ0v) is 10.1. The molecule has 0 aliphatic heterocycles. The summed E-state index contributed by atoms with van der Waals surface area (Å²) in [6.07, 6.45) is 0. The first-order valence-electron chi connectivity index (χ1n) is 4.89. The van der Waals surface area contributed by atoms with Crippen LogP contribution < -0.4 is 0 Å². The summed E-state index contributed by atoms with van der Waals surface area (Å²) < 4.78 is 0. The van der Waals surface area contributed by atoms with E-state index in [1.165, 1.54) is 0 Å². The Morgan fingerprint density at radius 2 is 1.93 bits per heavy atom. The van der Waals surface area contributed by atoms with Crippen molar-refractivity contribution in [3.05, 3.63) is 33.3 Å². The van der Waals surface area contributed by atoms with Crippen LogP contribution in [0.2, 0.25) is 5.02 Å². The van der Waals surface area contributed by atoms with Crippen molar-refractivity contribution < 1.29 is 9.90 Å². The highest BCUT2D eigenvalue weighted by molar-refractivity contribution is 6.32. The highest BCUT2D eigenvalue weighted by Crippen LogP contribution is 2.31. The largest absolute Gasteiger partial charge is 0.478 e. The number of aromatic carboxylic acids is 1. The van der Waals surface area contributed by atoms with Crippen molar-refractivity contribution in [2.75, 3.05) is 0 Å². The molecule has 0 atom stereocenters. The van der Waals surface area contributed by atoms with Crippen molar-refractivity contribution >= 4 is 17.6 Å². The maximum Gasteiger partial charge on any atom is 0.335 e. The third-order valence-electron chi connectivity index (χ3n) is 2.54. The van der Waals surface area contributed by atoms with Gasteiger partial charge in [0.25, 0.3) is 0 Å². The lowest BCUT2D eigenvalue weighted by Gasteiger charge is -2.16. The normalized spacial score (nSPS) is 10.8. The monoisotopic (exact) mass is 226 g/mol. The Morgan fingerprint density at radius 1 is 1.40 bits per heavy atom. The molecule has 1 rings (SSSR count). The van der Waals surface area contributed by atoms with Gasteiger partial charge in [-0.1, -0.05) is 25.4 Å². The molecule has 0 heterocycles. The van der Waals surface area contributed by atoms with Gasteiger partial charge in [0, 0.05) is 5.02 Å². The molecule has 2 nitrogen and oxygen atoms in total. The number of benzene rings is 1. The SMILES string of the molecule is Cc1cc(C(=O)O)c(C(C)C)c(C)c1Cl. The minimum Gasteiger partial charge on any atom is -0.478 e. The molecule has 3 heteroatoms. The predicted octanol–water partition coefficient (Wildman–Crippen LogP) is 3.78. The number of carbonyl (C=O) groups is 1. The Balaban J connectivity index is 3.58. The van der Waals surface area contributed by atoms with E-state index in [9.17, 15) is 4.79 Å². The van der Waals surface area contributed by atoms with Gasteiger partial charge in [0.1, 0.15) is 0 Å². The maximum absolute atomic E-state index is 11.1. The first-order valence-corrected chi connectivity index (χ1v) is 5.27. The van der Waals surface area contributed by atoms with E-state index in [1.807, 2.05) is 27.7 Å². The summed E-state index contributed by atoms with van der Waals surface area (Å²) in [6.45, 7) is 7.64. The second-order valence-electron chi connectivity index (χ2n) is 4.05. The highest BCUT2D eigenvalue weighted by Gasteiger charge is 2.18. The fraction of sp³-hybridized carbons (Fsp3) is 0.417. The van der Waals surface area contributed by atoms with Crippen LogP contribution in [-0.4, -0.2) is 11.1 Å². The van der Waals surface area contributed by atoms with Crippen molar-refractivity contribution in [1.82, 2.24) is 0 Å². The molecule has 1 N–H and O–H groups in total. The van der Waals surface area contributed by atoms with Crippen LogP contribution in [-0.2, 0) is 0 Å². The summed E-state index contributed by atoms with van der Waals surface area (Å²) in [5.41, 5.74) is 2.89. The minimum absolute atomic E-state index is 0.161. The summed E-state index contributed by atoms with van der Waals surface area (Å²) in [7, 11) is 0. The number of hydrogen-bond acceptors (Lipinski definition) is 1. The molecule has 1 aromatic carbocycles. The lowest BCUT2D eigenvalue weighted by Crippen LogP contribution is -2.07. The van der Waals surface area contributed by atoms with Crippen LogP contribution in [0, 0.1) is 13.8 Å². The van der Waals surface area contributed by atoms with Crippen LogP contribution >= 0.6 is 11.6 Å². The smallest absolute Gasteiger partial charge is 0.335 e. The average molecular weight is 227 g/mol. The van der Waals surface area contributed by atoms with Gasteiger partial charge in [-0.05, 0) is 42.5 Å².